The highest BCUT2D eigenvalue weighted by molar-refractivity contribution is 5.85. The second-order valence-corrected chi connectivity index (χ2v) is 3.93. The first-order valence-corrected chi connectivity index (χ1v) is 4.96. The maximum absolute atomic E-state index is 9.01. The predicted molar refractivity (Wildman–Crippen MR) is 57.1 cm³/mol. The van der Waals surface area contributed by atoms with Crippen molar-refractivity contribution in [1.29, 1.82) is 5.26 Å². The Labute approximate surface area is 86.9 Å². The van der Waals surface area contributed by atoms with E-state index in [0.29, 0.717) is 17.3 Å². The summed E-state index contributed by atoms with van der Waals surface area (Å²) in [4.78, 5) is 4.30. The van der Waals surface area contributed by atoms with Crippen molar-refractivity contribution in [3.05, 3.63) is 24.0 Å². The summed E-state index contributed by atoms with van der Waals surface area (Å²) in [7, 11) is 0. The number of nitriles is 1. The molecule has 0 atom stereocenters. The van der Waals surface area contributed by atoms with Crippen LogP contribution in [0.15, 0.2) is 18.5 Å². The molecule has 2 aromatic heterocycles. The van der Waals surface area contributed by atoms with Crippen LogP contribution in [0.5, 0.6) is 0 Å². The van der Waals surface area contributed by atoms with Crippen LogP contribution in [0.25, 0.3) is 11.0 Å². The molecule has 0 radical (unpaired) electrons. The molecule has 4 heteroatoms. The largest absolute Gasteiger partial charge is 0.397 e. The van der Waals surface area contributed by atoms with Gasteiger partial charge < -0.3 is 10.3 Å². The minimum atomic E-state index is 0.533. The van der Waals surface area contributed by atoms with Crippen molar-refractivity contribution in [3.63, 3.8) is 0 Å². The Kier molecular flexibility index (Phi) is 1.51. The van der Waals surface area contributed by atoms with E-state index in [-0.39, 0.29) is 0 Å². The molecule has 1 saturated carbocycles. The molecule has 0 amide bonds. The van der Waals surface area contributed by atoms with Crippen molar-refractivity contribution in [2.45, 2.75) is 18.9 Å². The van der Waals surface area contributed by atoms with Gasteiger partial charge in [0, 0.05) is 17.6 Å². The Bertz CT molecular complexity index is 572. The molecule has 2 N–H and O–H groups in total. The van der Waals surface area contributed by atoms with Crippen molar-refractivity contribution in [2.24, 2.45) is 0 Å². The minimum Gasteiger partial charge on any atom is -0.397 e. The molecule has 0 aliphatic heterocycles. The van der Waals surface area contributed by atoms with Gasteiger partial charge >= 0.3 is 0 Å². The average Bonchev–Trinajstić information content (AvgIpc) is 3.01. The normalized spacial score (nSPS) is 15.4. The first kappa shape index (κ1) is 8.30. The number of aromatic nitrogens is 2. The molecule has 74 valence electrons. The second-order valence-electron chi connectivity index (χ2n) is 3.93. The maximum Gasteiger partial charge on any atom is 0.141 e. The second kappa shape index (κ2) is 2.74. The van der Waals surface area contributed by atoms with Crippen LogP contribution in [0.4, 0.5) is 5.69 Å². The van der Waals surface area contributed by atoms with Crippen LogP contribution >= 0.6 is 0 Å². The quantitative estimate of drug-likeness (QED) is 0.760. The van der Waals surface area contributed by atoms with Gasteiger partial charge in [0.1, 0.15) is 11.7 Å². The number of nitrogens with zero attached hydrogens (tertiary/aromatic N) is 3. The van der Waals surface area contributed by atoms with E-state index in [4.69, 9.17) is 11.0 Å². The average molecular weight is 198 g/mol. The molecule has 0 bridgehead atoms. The molecule has 4 nitrogen and oxygen atoms in total. The van der Waals surface area contributed by atoms with Crippen molar-refractivity contribution < 1.29 is 0 Å². The summed E-state index contributed by atoms with van der Waals surface area (Å²) in [5.74, 6) is 0. The third-order valence-corrected chi connectivity index (χ3v) is 2.75. The molecular weight excluding hydrogens is 188 g/mol. The number of hydrogen-bond acceptors (Lipinski definition) is 3. The van der Waals surface area contributed by atoms with E-state index in [2.05, 4.69) is 15.6 Å². The number of nitrogens with two attached hydrogens (primary N) is 1. The van der Waals surface area contributed by atoms with Crippen LogP contribution in [-0.4, -0.2) is 9.55 Å². The minimum absolute atomic E-state index is 0.533. The fourth-order valence-electron chi connectivity index (χ4n) is 1.87. The SMILES string of the molecule is N#Cc1cn(C2CC2)c2ncc(N)cc12. The van der Waals surface area contributed by atoms with Gasteiger partial charge in [0.25, 0.3) is 0 Å². The summed E-state index contributed by atoms with van der Waals surface area (Å²) < 4.78 is 2.09. The molecular formula is C11H10N4. The third kappa shape index (κ3) is 1.17. The summed E-state index contributed by atoms with van der Waals surface area (Å²) in [5, 5.41) is 9.88. The number of anilines is 1. The fraction of sp³-hybridized carbons (Fsp3) is 0.273. The first-order valence-electron chi connectivity index (χ1n) is 4.96. The van der Waals surface area contributed by atoms with Crippen molar-refractivity contribution in [1.82, 2.24) is 9.55 Å². The van der Waals surface area contributed by atoms with Gasteiger partial charge in [-0.25, -0.2) is 4.98 Å². The van der Waals surface area contributed by atoms with Crippen molar-refractivity contribution >= 4 is 16.7 Å². The lowest BCUT2D eigenvalue weighted by molar-refractivity contribution is 0.766. The van der Waals surface area contributed by atoms with Gasteiger partial charge in [0.05, 0.1) is 17.4 Å². The van der Waals surface area contributed by atoms with Crippen LogP contribution in [0.1, 0.15) is 24.4 Å². The smallest absolute Gasteiger partial charge is 0.141 e. The number of rotatable bonds is 1. The van der Waals surface area contributed by atoms with E-state index in [1.807, 2.05) is 12.3 Å². The van der Waals surface area contributed by atoms with Crippen molar-refractivity contribution in [2.75, 3.05) is 5.73 Å². The highest BCUT2D eigenvalue weighted by atomic mass is 15.1. The molecule has 1 aliphatic carbocycles. The van der Waals surface area contributed by atoms with Gasteiger partial charge in [0.15, 0.2) is 0 Å². The molecule has 0 aromatic carbocycles. The van der Waals surface area contributed by atoms with Gasteiger partial charge in [-0.1, -0.05) is 0 Å². The number of hydrogen-bond donors (Lipinski definition) is 1. The van der Waals surface area contributed by atoms with Crippen LogP contribution in [0.3, 0.4) is 0 Å². The zero-order chi connectivity index (χ0) is 10.4. The summed E-state index contributed by atoms with van der Waals surface area (Å²) in [6.07, 6.45) is 5.89. The lowest BCUT2D eigenvalue weighted by Crippen LogP contribution is -1.93. The van der Waals surface area contributed by atoms with E-state index in [9.17, 15) is 0 Å². The molecule has 1 aliphatic rings. The topological polar surface area (TPSA) is 67.6 Å². The molecule has 2 aromatic rings. The Hall–Kier alpha value is -2.02. The standard InChI is InChI=1S/C11H10N4/c12-4-7-6-15(9-1-2-9)11-10(7)3-8(13)5-14-11/h3,5-6,9H,1-2,13H2. The Morgan fingerprint density at radius 3 is 3.00 bits per heavy atom. The first-order chi connectivity index (χ1) is 7.29. The predicted octanol–water partition coefficient (Wildman–Crippen LogP) is 1.83. The Morgan fingerprint density at radius 2 is 2.33 bits per heavy atom. The van der Waals surface area contributed by atoms with Crippen LogP contribution in [0, 0.1) is 11.3 Å². The van der Waals surface area contributed by atoms with E-state index >= 15 is 0 Å². The Morgan fingerprint density at radius 1 is 1.53 bits per heavy atom. The van der Waals surface area contributed by atoms with Crippen LogP contribution < -0.4 is 5.73 Å². The molecule has 0 unspecified atom stereocenters. The van der Waals surface area contributed by atoms with E-state index in [1.165, 1.54) is 12.8 Å². The summed E-state index contributed by atoms with van der Waals surface area (Å²) in [6.45, 7) is 0. The van der Waals surface area contributed by atoms with Crippen LogP contribution in [-0.2, 0) is 0 Å². The molecule has 0 spiro atoms. The number of pyridine rings is 1. The van der Waals surface area contributed by atoms with E-state index in [1.54, 1.807) is 6.20 Å². The molecule has 0 saturated heterocycles. The monoisotopic (exact) mass is 198 g/mol. The lowest BCUT2D eigenvalue weighted by atomic mass is 10.2. The summed E-state index contributed by atoms with van der Waals surface area (Å²) in [5.41, 5.74) is 7.81. The molecule has 3 rings (SSSR count). The lowest BCUT2D eigenvalue weighted by Gasteiger charge is -2.00. The third-order valence-electron chi connectivity index (χ3n) is 2.75. The van der Waals surface area contributed by atoms with Crippen LogP contribution in [0.2, 0.25) is 0 Å². The van der Waals surface area contributed by atoms with Gasteiger partial charge in [-0.2, -0.15) is 5.26 Å². The maximum atomic E-state index is 9.01. The van der Waals surface area contributed by atoms with Gasteiger partial charge in [-0.15, -0.1) is 0 Å². The molecule has 1 fully saturated rings. The van der Waals surface area contributed by atoms with E-state index < -0.39 is 0 Å². The molecule has 15 heavy (non-hydrogen) atoms. The van der Waals surface area contributed by atoms with Gasteiger partial charge in [-0.3, -0.25) is 0 Å². The number of nitrogen functional groups attached to an aromatic ring is 1. The van der Waals surface area contributed by atoms with Crippen molar-refractivity contribution in [3.8, 4) is 6.07 Å². The zero-order valence-electron chi connectivity index (χ0n) is 8.14. The van der Waals surface area contributed by atoms with Gasteiger partial charge in [-0.05, 0) is 18.9 Å². The fourth-order valence-corrected chi connectivity index (χ4v) is 1.87. The highest BCUT2D eigenvalue weighted by Crippen LogP contribution is 2.38. The summed E-state index contributed by atoms with van der Waals surface area (Å²) in [6, 6.07) is 4.54. The summed E-state index contributed by atoms with van der Waals surface area (Å²) >= 11 is 0. The zero-order valence-corrected chi connectivity index (χ0v) is 8.14. The Balaban J connectivity index is 2.34. The molecule has 2 heterocycles. The van der Waals surface area contributed by atoms with Gasteiger partial charge in [0.2, 0.25) is 0 Å². The van der Waals surface area contributed by atoms with E-state index in [0.717, 1.165) is 11.0 Å². The highest BCUT2D eigenvalue weighted by Gasteiger charge is 2.26. The number of fused-ring (bicyclic) bond motifs is 1.